The van der Waals surface area contributed by atoms with Gasteiger partial charge in [0, 0.05) is 12.8 Å². The summed E-state index contributed by atoms with van der Waals surface area (Å²) in [5.41, 5.74) is 0. The number of rotatable bonds is 5. The molecule has 4 heteroatoms. The van der Waals surface area contributed by atoms with Crippen LogP contribution in [0, 0.1) is 0 Å². The van der Waals surface area contributed by atoms with Gasteiger partial charge in [-0.25, -0.2) is 0 Å². The second kappa shape index (κ2) is 4.55. The van der Waals surface area contributed by atoms with Gasteiger partial charge in [0.05, 0.1) is 0 Å². The summed E-state index contributed by atoms with van der Waals surface area (Å²) in [6.07, 6.45) is 0.308. The first kappa shape index (κ1) is 8.68. The topological polar surface area (TPSA) is 68.3 Å². The van der Waals surface area contributed by atoms with E-state index < -0.39 is 11.6 Å². The predicted octanol–water partition coefficient (Wildman–Crippen LogP) is -0.697. The van der Waals surface area contributed by atoms with Crippen LogP contribution in [0.5, 0.6) is 0 Å². The minimum atomic E-state index is -1.07. The summed E-state index contributed by atoms with van der Waals surface area (Å²) >= 11 is 0. The van der Waals surface area contributed by atoms with Gasteiger partial charge in [-0.3, -0.25) is 14.4 Å². The van der Waals surface area contributed by atoms with Crippen molar-refractivity contribution in [2.45, 2.75) is 12.8 Å². The van der Waals surface area contributed by atoms with Crippen molar-refractivity contribution in [2.24, 2.45) is 0 Å². The largest absolute Gasteiger partial charge is 0.303 e. The molecule has 0 saturated heterocycles. The molecule has 0 heterocycles. The van der Waals surface area contributed by atoms with E-state index in [4.69, 9.17) is 0 Å². The smallest absolute Gasteiger partial charge is 0.260 e. The zero-order valence-electron chi connectivity index (χ0n) is 5.20. The summed E-state index contributed by atoms with van der Waals surface area (Å²) in [5, 5.41) is 0. The first-order chi connectivity index (χ1) is 4.72. The Morgan fingerprint density at radius 2 is 1.80 bits per heavy atom. The number of carbonyl (C=O) groups excluding carboxylic acids is 4. The van der Waals surface area contributed by atoms with E-state index in [2.05, 4.69) is 0 Å². The van der Waals surface area contributed by atoms with E-state index in [1.54, 1.807) is 0 Å². The molecule has 0 radical (unpaired) electrons. The quantitative estimate of drug-likeness (QED) is 0.289. The van der Waals surface area contributed by atoms with Gasteiger partial charge in [0.15, 0.2) is 6.29 Å². The van der Waals surface area contributed by atoms with Gasteiger partial charge in [-0.2, -0.15) is 0 Å². The Labute approximate surface area is 57.2 Å². The Morgan fingerprint density at radius 1 is 1.20 bits per heavy atom. The maximum absolute atomic E-state index is 10.4. The molecule has 0 aliphatic heterocycles. The maximum atomic E-state index is 10.4. The highest BCUT2D eigenvalue weighted by atomic mass is 16.2. The zero-order valence-corrected chi connectivity index (χ0v) is 5.20. The molecule has 0 N–H and O–H groups in total. The molecule has 54 valence electrons. The molecule has 0 aliphatic rings. The van der Waals surface area contributed by atoms with Crippen LogP contribution in [0.2, 0.25) is 0 Å². The molecule has 0 amide bonds. The normalized spacial score (nSPS) is 8.40. The number of ketones is 2. The number of carbonyl (C=O) groups is 4. The summed E-state index contributed by atoms with van der Waals surface area (Å²) < 4.78 is 0. The monoisotopic (exact) mass is 142 g/mol. The van der Waals surface area contributed by atoms with Gasteiger partial charge in [-0.15, -0.1) is 0 Å². The van der Waals surface area contributed by atoms with Crippen LogP contribution >= 0.6 is 0 Å². The van der Waals surface area contributed by atoms with Gasteiger partial charge in [-0.1, -0.05) is 0 Å². The van der Waals surface area contributed by atoms with E-state index in [-0.39, 0.29) is 19.1 Å². The fourth-order valence-corrected chi connectivity index (χ4v) is 0.379. The van der Waals surface area contributed by atoms with Crippen LogP contribution < -0.4 is 0 Å². The van der Waals surface area contributed by atoms with Crippen molar-refractivity contribution < 1.29 is 19.2 Å². The third kappa shape index (κ3) is 2.86. The summed E-state index contributed by atoms with van der Waals surface area (Å²) in [5.74, 6) is -1.87. The minimum absolute atomic E-state index is 0.00157. The first-order valence-corrected chi connectivity index (χ1v) is 2.68. The van der Waals surface area contributed by atoms with Crippen LogP contribution in [-0.4, -0.2) is 24.1 Å². The Morgan fingerprint density at radius 3 is 2.20 bits per heavy atom. The van der Waals surface area contributed by atoms with Crippen molar-refractivity contribution in [3.05, 3.63) is 0 Å². The standard InChI is InChI=1S/C6H6O4/c7-3-1-2-5(9)6(10)4-8/h3-4H,1-2H2. The highest BCUT2D eigenvalue weighted by molar-refractivity contribution is 6.57. The van der Waals surface area contributed by atoms with Crippen LogP contribution in [0.25, 0.3) is 0 Å². The van der Waals surface area contributed by atoms with Gasteiger partial charge >= 0.3 is 0 Å². The summed E-state index contributed by atoms with van der Waals surface area (Å²) in [6.45, 7) is 0. The molecule has 0 atom stereocenters. The Kier molecular flexibility index (Phi) is 3.95. The van der Waals surface area contributed by atoms with Gasteiger partial charge < -0.3 is 4.79 Å². The van der Waals surface area contributed by atoms with Crippen LogP contribution in [0.4, 0.5) is 0 Å². The van der Waals surface area contributed by atoms with E-state index in [0.717, 1.165) is 0 Å². The molecular weight excluding hydrogens is 136 g/mol. The van der Waals surface area contributed by atoms with E-state index in [1.807, 2.05) is 0 Å². The lowest BCUT2D eigenvalue weighted by atomic mass is 10.2. The van der Waals surface area contributed by atoms with Crippen molar-refractivity contribution >= 4 is 24.1 Å². The average molecular weight is 142 g/mol. The number of hydrogen-bond acceptors (Lipinski definition) is 4. The zero-order chi connectivity index (χ0) is 7.98. The van der Waals surface area contributed by atoms with E-state index in [1.165, 1.54) is 0 Å². The summed E-state index contributed by atoms with van der Waals surface area (Å²) in [7, 11) is 0. The van der Waals surface area contributed by atoms with Crippen molar-refractivity contribution in [2.75, 3.05) is 0 Å². The molecular formula is C6H6O4. The molecule has 0 fully saturated rings. The molecule has 0 bridgehead atoms. The lowest BCUT2D eigenvalue weighted by molar-refractivity contribution is -0.140. The fourth-order valence-electron chi connectivity index (χ4n) is 0.379. The Balaban J connectivity index is 3.73. The SMILES string of the molecule is O=CCCC(=O)C(=O)C=O. The maximum Gasteiger partial charge on any atom is 0.260 e. The average Bonchev–Trinajstić information content (AvgIpc) is 1.98. The van der Waals surface area contributed by atoms with Crippen molar-refractivity contribution in [3.8, 4) is 0 Å². The lowest BCUT2D eigenvalue weighted by Crippen LogP contribution is -2.14. The van der Waals surface area contributed by atoms with Crippen LogP contribution in [0.3, 0.4) is 0 Å². The fraction of sp³-hybridized carbons (Fsp3) is 0.333. The second-order valence-corrected chi connectivity index (χ2v) is 1.61. The molecule has 0 aromatic rings. The van der Waals surface area contributed by atoms with E-state index in [9.17, 15) is 19.2 Å². The summed E-state index contributed by atoms with van der Waals surface area (Å²) in [6, 6.07) is 0. The molecule has 0 rings (SSSR count). The van der Waals surface area contributed by atoms with Gasteiger partial charge in [0.1, 0.15) is 6.29 Å². The van der Waals surface area contributed by atoms with Gasteiger partial charge in [0.2, 0.25) is 5.78 Å². The lowest BCUT2D eigenvalue weighted by Gasteiger charge is -1.85. The molecule has 0 spiro atoms. The van der Waals surface area contributed by atoms with Crippen LogP contribution in [-0.2, 0) is 19.2 Å². The number of Topliss-reactive ketones (excluding diaryl/α,β-unsaturated/α-hetero) is 2. The second-order valence-electron chi connectivity index (χ2n) is 1.61. The molecule has 0 aromatic heterocycles. The predicted molar refractivity (Wildman–Crippen MR) is 31.4 cm³/mol. The van der Waals surface area contributed by atoms with Crippen molar-refractivity contribution in [3.63, 3.8) is 0 Å². The first-order valence-electron chi connectivity index (χ1n) is 2.68. The third-order valence-corrected chi connectivity index (χ3v) is 0.871. The molecule has 10 heavy (non-hydrogen) atoms. The van der Waals surface area contributed by atoms with Crippen molar-refractivity contribution in [1.29, 1.82) is 0 Å². The molecule has 0 saturated carbocycles. The number of aldehydes is 2. The Bertz CT molecular complexity index is 171. The highest BCUT2D eigenvalue weighted by Crippen LogP contribution is 1.86. The van der Waals surface area contributed by atoms with E-state index in [0.29, 0.717) is 6.29 Å². The number of hydrogen-bond donors (Lipinski definition) is 0. The molecule has 4 nitrogen and oxygen atoms in total. The van der Waals surface area contributed by atoms with E-state index >= 15 is 0 Å². The van der Waals surface area contributed by atoms with Crippen LogP contribution in [0.15, 0.2) is 0 Å². The van der Waals surface area contributed by atoms with Crippen LogP contribution in [0.1, 0.15) is 12.8 Å². The summed E-state index contributed by atoms with van der Waals surface area (Å²) in [4.78, 5) is 39.9. The molecule has 0 aromatic carbocycles. The van der Waals surface area contributed by atoms with Crippen molar-refractivity contribution in [1.82, 2.24) is 0 Å². The molecule has 0 unspecified atom stereocenters. The molecule has 0 aliphatic carbocycles. The Hall–Kier alpha value is -1.32. The highest BCUT2D eigenvalue weighted by Gasteiger charge is 2.10. The van der Waals surface area contributed by atoms with Gasteiger partial charge in [-0.05, 0) is 0 Å². The van der Waals surface area contributed by atoms with Gasteiger partial charge in [0.25, 0.3) is 5.78 Å². The minimum Gasteiger partial charge on any atom is -0.303 e. The third-order valence-electron chi connectivity index (χ3n) is 0.871.